The molecule has 24 heavy (non-hydrogen) atoms. The average Bonchev–Trinajstić information content (AvgIpc) is 3.19. The van der Waals surface area contributed by atoms with E-state index in [1.165, 1.54) is 30.5 Å². The highest BCUT2D eigenvalue weighted by Crippen LogP contribution is 2.53. The topological polar surface area (TPSA) is 32.8 Å². The summed E-state index contributed by atoms with van der Waals surface area (Å²) in [5, 5.41) is 0. The number of nitrogens with zero attached hydrogens (tertiary/aromatic N) is 2. The Morgan fingerprint density at radius 1 is 1.12 bits per heavy atom. The summed E-state index contributed by atoms with van der Waals surface area (Å²) in [5.74, 6) is 2.21. The summed E-state index contributed by atoms with van der Waals surface area (Å²) in [6.45, 7) is 2.09. The van der Waals surface area contributed by atoms with Crippen molar-refractivity contribution in [2.75, 3.05) is 25.1 Å². The number of ether oxygens (including phenoxy) is 1. The number of methoxy groups -OCH3 is 1. The third kappa shape index (κ3) is 1.95. The molecular weight excluding hydrogens is 300 g/mol. The summed E-state index contributed by atoms with van der Waals surface area (Å²) in [4.78, 5) is 17.8. The van der Waals surface area contributed by atoms with Gasteiger partial charge in [-0.3, -0.25) is 4.79 Å². The molecule has 1 amide bonds. The fourth-order valence-corrected chi connectivity index (χ4v) is 5.45. The minimum Gasteiger partial charge on any atom is -0.497 e. The predicted octanol–water partition coefficient (Wildman–Crippen LogP) is 3.37. The fraction of sp³-hybridized carbons (Fsp3) is 0.650. The molecule has 4 heteroatoms. The van der Waals surface area contributed by atoms with E-state index in [0.717, 1.165) is 38.1 Å². The van der Waals surface area contributed by atoms with E-state index in [2.05, 4.69) is 28.0 Å². The van der Waals surface area contributed by atoms with Crippen LogP contribution in [0.2, 0.25) is 0 Å². The highest BCUT2D eigenvalue weighted by Gasteiger charge is 2.50. The number of anilines is 1. The van der Waals surface area contributed by atoms with Crippen LogP contribution in [-0.4, -0.2) is 37.0 Å². The maximum Gasteiger partial charge on any atom is 0.226 e. The van der Waals surface area contributed by atoms with Crippen LogP contribution in [0.25, 0.3) is 0 Å². The molecule has 2 saturated heterocycles. The van der Waals surface area contributed by atoms with Crippen molar-refractivity contribution in [2.45, 2.75) is 50.6 Å². The van der Waals surface area contributed by atoms with E-state index in [-0.39, 0.29) is 6.04 Å². The number of fused-ring (bicyclic) bond motifs is 6. The average molecular weight is 326 g/mol. The molecule has 3 atom stereocenters. The normalized spacial score (nSPS) is 31.3. The minimum atomic E-state index is 0.266. The number of carbonyl (C=O) groups excluding carboxylic acids is 1. The second-order valence-corrected chi connectivity index (χ2v) is 7.88. The van der Waals surface area contributed by atoms with Gasteiger partial charge in [0.15, 0.2) is 0 Å². The Morgan fingerprint density at radius 3 is 2.75 bits per heavy atom. The van der Waals surface area contributed by atoms with Gasteiger partial charge in [0, 0.05) is 42.2 Å². The van der Waals surface area contributed by atoms with Gasteiger partial charge in [-0.25, -0.2) is 0 Å². The monoisotopic (exact) mass is 326 g/mol. The highest BCUT2D eigenvalue weighted by molar-refractivity contribution is 5.81. The van der Waals surface area contributed by atoms with Gasteiger partial charge in [-0.15, -0.1) is 0 Å². The number of benzene rings is 1. The van der Waals surface area contributed by atoms with Crippen LogP contribution in [0.5, 0.6) is 5.75 Å². The van der Waals surface area contributed by atoms with Gasteiger partial charge in [-0.2, -0.15) is 0 Å². The van der Waals surface area contributed by atoms with Crippen molar-refractivity contribution in [1.82, 2.24) is 4.90 Å². The first kappa shape index (κ1) is 14.6. The number of hydrogen-bond acceptors (Lipinski definition) is 3. The Hall–Kier alpha value is -1.71. The van der Waals surface area contributed by atoms with Crippen molar-refractivity contribution < 1.29 is 9.53 Å². The summed E-state index contributed by atoms with van der Waals surface area (Å²) in [7, 11) is 1.73. The Kier molecular flexibility index (Phi) is 3.29. The number of hydrogen-bond donors (Lipinski definition) is 0. The van der Waals surface area contributed by atoms with Gasteiger partial charge >= 0.3 is 0 Å². The zero-order chi connectivity index (χ0) is 16.3. The van der Waals surface area contributed by atoms with Crippen molar-refractivity contribution in [3.8, 4) is 5.75 Å². The van der Waals surface area contributed by atoms with E-state index < -0.39 is 0 Å². The van der Waals surface area contributed by atoms with Gasteiger partial charge in [-0.1, -0.05) is 6.42 Å². The van der Waals surface area contributed by atoms with Crippen molar-refractivity contribution in [3.63, 3.8) is 0 Å². The Balaban J connectivity index is 1.58. The molecule has 3 fully saturated rings. The maximum absolute atomic E-state index is 13.0. The Labute approximate surface area is 143 Å². The van der Waals surface area contributed by atoms with Gasteiger partial charge in [-0.05, 0) is 50.3 Å². The van der Waals surface area contributed by atoms with E-state index in [9.17, 15) is 4.79 Å². The molecule has 4 aliphatic rings. The third-order valence-electron chi connectivity index (χ3n) is 6.84. The number of carbonyl (C=O) groups is 1. The standard InChI is InChI=1S/C20H26N2O2/c1-24-14-7-8-18-16(12-14)19-15(17-6-3-10-21(17)18)9-11-22(19)20(23)13-4-2-5-13/h7-8,12-13,15,17,19H,2-6,9-11H2,1H3/t15-,17-,19-/m1/s1. The van der Waals surface area contributed by atoms with Gasteiger partial charge in [0.05, 0.1) is 13.2 Å². The lowest BCUT2D eigenvalue weighted by Crippen LogP contribution is -2.46. The second kappa shape index (κ2) is 5.40. The third-order valence-corrected chi connectivity index (χ3v) is 6.84. The number of amides is 1. The summed E-state index contributed by atoms with van der Waals surface area (Å²) in [6, 6.07) is 7.36. The fourth-order valence-electron chi connectivity index (χ4n) is 5.45. The molecule has 1 saturated carbocycles. The predicted molar refractivity (Wildman–Crippen MR) is 93.3 cm³/mol. The first-order chi connectivity index (χ1) is 11.8. The SMILES string of the molecule is COc1ccc2c(c1)[C@H]1[C@H](CCN1C(=O)C1CCC1)[C@H]1CCCN21. The molecule has 1 aromatic carbocycles. The molecule has 3 aliphatic heterocycles. The molecule has 1 aliphatic carbocycles. The molecule has 4 nitrogen and oxygen atoms in total. The molecule has 0 radical (unpaired) electrons. The van der Waals surface area contributed by atoms with Crippen LogP contribution in [0.15, 0.2) is 18.2 Å². The molecule has 0 bridgehead atoms. The zero-order valence-electron chi connectivity index (χ0n) is 14.4. The van der Waals surface area contributed by atoms with E-state index in [1.54, 1.807) is 7.11 Å². The molecule has 0 unspecified atom stereocenters. The summed E-state index contributed by atoms with van der Waals surface area (Å²) in [6.07, 6.45) is 7.11. The van der Waals surface area contributed by atoms with Crippen LogP contribution in [0.3, 0.4) is 0 Å². The van der Waals surface area contributed by atoms with Crippen LogP contribution in [0, 0.1) is 11.8 Å². The molecular formula is C20H26N2O2. The summed E-state index contributed by atoms with van der Waals surface area (Å²) < 4.78 is 5.49. The lowest BCUT2D eigenvalue weighted by molar-refractivity contribution is -0.139. The summed E-state index contributed by atoms with van der Waals surface area (Å²) >= 11 is 0. The van der Waals surface area contributed by atoms with Gasteiger partial charge < -0.3 is 14.5 Å². The van der Waals surface area contributed by atoms with E-state index in [1.807, 2.05) is 0 Å². The lowest BCUT2D eigenvalue weighted by atomic mass is 9.80. The van der Waals surface area contributed by atoms with Crippen LogP contribution in [-0.2, 0) is 4.79 Å². The molecule has 3 heterocycles. The van der Waals surface area contributed by atoms with E-state index >= 15 is 0 Å². The van der Waals surface area contributed by atoms with Crippen LogP contribution >= 0.6 is 0 Å². The molecule has 0 aromatic heterocycles. The van der Waals surface area contributed by atoms with Crippen molar-refractivity contribution in [2.24, 2.45) is 11.8 Å². The molecule has 0 spiro atoms. The quantitative estimate of drug-likeness (QED) is 0.835. The minimum absolute atomic E-state index is 0.266. The molecule has 1 aromatic rings. The van der Waals surface area contributed by atoms with Crippen LogP contribution in [0.4, 0.5) is 5.69 Å². The van der Waals surface area contributed by atoms with Gasteiger partial charge in [0.25, 0.3) is 0 Å². The number of likely N-dealkylation sites (tertiary alicyclic amines) is 1. The molecule has 5 rings (SSSR count). The molecule has 0 N–H and O–H groups in total. The maximum atomic E-state index is 13.0. The van der Waals surface area contributed by atoms with Gasteiger partial charge in [0.1, 0.15) is 5.75 Å². The number of rotatable bonds is 2. The molecule has 128 valence electrons. The van der Waals surface area contributed by atoms with Crippen LogP contribution in [0.1, 0.15) is 50.1 Å². The van der Waals surface area contributed by atoms with Crippen molar-refractivity contribution >= 4 is 11.6 Å². The van der Waals surface area contributed by atoms with Crippen LogP contribution < -0.4 is 9.64 Å². The second-order valence-electron chi connectivity index (χ2n) is 7.88. The summed E-state index contributed by atoms with van der Waals surface area (Å²) in [5.41, 5.74) is 2.66. The highest BCUT2D eigenvalue weighted by atomic mass is 16.5. The van der Waals surface area contributed by atoms with Crippen molar-refractivity contribution in [3.05, 3.63) is 23.8 Å². The van der Waals surface area contributed by atoms with E-state index in [0.29, 0.717) is 23.8 Å². The Morgan fingerprint density at radius 2 is 2.00 bits per heavy atom. The largest absolute Gasteiger partial charge is 0.497 e. The van der Waals surface area contributed by atoms with Gasteiger partial charge in [0.2, 0.25) is 5.91 Å². The Bertz CT molecular complexity index is 670. The zero-order valence-corrected chi connectivity index (χ0v) is 14.4. The van der Waals surface area contributed by atoms with E-state index in [4.69, 9.17) is 4.74 Å². The smallest absolute Gasteiger partial charge is 0.226 e. The first-order valence-corrected chi connectivity index (χ1v) is 9.53. The van der Waals surface area contributed by atoms with Crippen molar-refractivity contribution in [1.29, 1.82) is 0 Å². The lowest BCUT2D eigenvalue weighted by Gasteiger charge is -2.44. The first-order valence-electron chi connectivity index (χ1n) is 9.53.